The van der Waals surface area contributed by atoms with Gasteiger partial charge in [0.05, 0.1) is 26.0 Å². The zero-order valence-corrected chi connectivity index (χ0v) is 26.8. The molecule has 2 atom stereocenters. The summed E-state index contributed by atoms with van der Waals surface area (Å²) in [5.74, 6) is 4.68. The minimum Gasteiger partial charge on any atom is -0.543 e. The molecule has 4 aromatic carbocycles. The van der Waals surface area contributed by atoms with Gasteiger partial charge in [-0.25, -0.2) is 0 Å². The van der Waals surface area contributed by atoms with Gasteiger partial charge in [-0.3, -0.25) is 0 Å². The van der Waals surface area contributed by atoms with Crippen LogP contribution in [0.25, 0.3) is 23.3 Å². The van der Waals surface area contributed by atoms with Crippen molar-refractivity contribution < 1.29 is 39.1 Å². The molecule has 48 heavy (non-hydrogen) atoms. The monoisotopic (exact) mass is 640 g/mol. The van der Waals surface area contributed by atoms with Gasteiger partial charge >= 0.3 is 0 Å². The van der Waals surface area contributed by atoms with Crippen LogP contribution in [-0.2, 0) is 9.59 Å². The van der Waals surface area contributed by atoms with E-state index >= 15 is 0 Å². The first-order chi connectivity index (χ1) is 23.2. The Morgan fingerprint density at radius 1 is 0.583 bits per heavy atom. The van der Waals surface area contributed by atoms with Crippen molar-refractivity contribution in [1.82, 2.24) is 0 Å². The van der Waals surface area contributed by atoms with E-state index in [-0.39, 0.29) is 0 Å². The fourth-order valence-corrected chi connectivity index (χ4v) is 5.21. The Labute approximate surface area is 281 Å². The molecule has 8 nitrogen and oxygen atoms in total. The summed E-state index contributed by atoms with van der Waals surface area (Å²) in [5.41, 5.74) is 7.01. The second-order valence-electron chi connectivity index (χ2n) is 11.2. The first-order valence-corrected chi connectivity index (χ1v) is 15.3. The Hall–Kier alpha value is -6.06. The quantitative estimate of drug-likeness (QED) is 0.244. The van der Waals surface area contributed by atoms with E-state index in [2.05, 4.69) is 62.4 Å². The first-order valence-electron chi connectivity index (χ1n) is 15.3. The van der Waals surface area contributed by atoms with Crippen LogP contribution in [0.5, 0.6) is 23.0 Å². The Morgan fingerprint density at radius 3 is 1.27 bits per heavy atom. The van der Waals surface area contributed by atoms with E-state index in [1.54, 1.807) is 0 Å². The molecule has 0 fully saturated rings. The minimum absolute atomic E-state index is 0.710. The van der Waals surface area contributed by atoms with Gasteiger partial charge in [-0.05, 0) is 48.3 Å². The number of ether oxygens (including phenoxy) is 2. The summed E-state index contributed by atoms with van der Waals surface area (Å²) in [6.45, 7) is 3.17. The number of terminal acetylenes is 2. The van der Waals surface area contributed by atoms with Gasteiger partial charge in [0.25, 0.3) is 0 Å². The topological polar surface area (TPSA) is 108 Å². The van der Waals surface area contributed by atoms with Crippen molar-refractivity contribution in [2.24, 2.45) is 0 Å². The molecule has 0 radical (unpaired) electrons. The predicted molar refractivity (Wildman–Crippen MR) is 183 cm³/mol. The highest BCUT2D eigenvalue weighted by Crippen LogP contribution is 2.38. The molecule has 8 heteroatoms. The maximum absolute atomic E-state index is 8.93. The molecule has 0 saturated carbocycles. The molecule has 2 unspecified atom stereocenters. The maximum Gasteiger partial charge on any atom is 0.139 e. The molecule has 2 heterocycles. The number of likely N-dealkylation sites (N-methyl/N-ethyl adjacent to an activating group) is 2. The number of carboxylic acid groups (broad SMARTS) is 2. The van der Waals surface area contributed by atoms with Crippen LogP contribution >= 0.6 is 0 Å². The van der Waals surface area contributed by atoms with Crippen molar-refractivity contribution >= 4 is 35.2 Å². The molecular weight excluding hydrogens is 604 g/mol. The minimum atomic E-state index is -2.19. The van der Waals surface area contributed by atoms with Crippen LogP contribution in [0, 0.1) is 24.7 Å². The van der Waals surface area contributed by atoms with Gasteiger partial charge in [0.2, 0.25) is 0 Å². The van der Waals surface area contributed by atoms with Crippen LogP contribution in [0.15, 0.2) is 97.1 Å². The molecule has 0 saturated heterocycles. The summed E-state index contributed by atoms with van der Waals surface area (Å²) in [6.07, 6.45) is 15.3. The molecule has 0 amide bonds. The van der Waals surface area contributed by atoms with Crippen LogP contribution in [0.3, 0.4) is 0 Å². The van der Waals surface area contributed by atoms with Gasteiger partial charge in [-0.15, -0.1) is 12.8 Å². The first kappa shape index (κ1) is 34.8. The van der Waals surface area contributed by atoms with Crippen LogP contribution in [0.4, 0.5) is 0 Å². The highest BCUT2D eigenvalue weighted by Gasteiger charge is 2.19. The molecule has 6 rings (SSSR count). The largest absolute Gasteiger partial charge is 0.543 e. The van der Waals surface area contributed by atoms with Crippen LogP contribution in [0.1, 0.15) is 22.3 Å². The molecule has 0 aliphatic carbocycles. The number of hydrogen-bond acceptors (Lipinski definition) is 6. The number of rotatable bonds is 6. The lowest BCUT2D eigenvalue weighted by Gasteiger charge is -2.14. The van der Waals surface area contributed by atoms with Gasteiger partial charge < -0.3 is 39.1 Å². The zero-order valence-electron chi connectivity index (χ0n) is 26.8. The van der Waals surface area contributed by atoms with Crippen LogP contribution < -0.4 is 29.5 Å². The van der Waals surface area contributed by atoms with Gasteiger partial charge in [0.1, 0.15) is 49.2 Å². The third-order valence-corrected chi connectivity index (χ3v) is 7.36. The summed E-state index contributed by atoms with van der Waals surface area (Å²) in [4.78, 5) is 20.4. The average molecular weight is 641 g/mol. The van der Waals surface area contributed by atoms with Gasteiger partial charge in [-0.2, -0.15) is 0 Å². The lowest BCUT2D eigenvalue weighted by Crippen LogP contribution is -3.08. The molecule has 2 aliphatic rings. The van der Waals surface area contributed by atoms with Crippen molar-refractivity contribution in [3.05, 3.63) is 119 Å². The van der Waals surface area contributed by atoms with Crippen LogP contribution in [-0.4, -0.2) is 52.2 Å². The number of benzene rings is 4. The molecule has 2 aliphatic heterocycles. The van der Waals surface area contributed by atoms with E-state index in [0.29, 0.717) is 13.1 Å². The number of para-hydroxylation sites is 4. The fraction of sp³-hybridized carbons (Fsp3) is 0.150. The highest BCUT2D eigenvalue weighted by atomic mass is 16.5. The Balaban J connectivity index is 0.000000186. The molecule has 4 aromatic rings. The summed E-state index contributed by atoms with van der Waals surface area (Å²) in [5, 5.41) is 17.9. The molecule has 0 spiro atoms. The summed E-state index contributed by atoms with van der Waals surface area (Å²) in [6, 6.07) is 32.6. The third-order valence-electron chi connectivity index (χ3n) is 7.36. The van der Waals surface area contributed by atoms with E-state index < -0.39 is 11.9 Å². The second-order valence-corrected chi connectivity index (χ2v) is 11.2. The number of hydrogen-bond donors (Lipinski definition) is 2. The van der Waals surface area contributed by atoms with Gasteiger partial charge in [0, 0.05) is 33.4 Å². The number of aliphatic carboxylic acids is 2. The second kappa shape index (κ2) is 17.0. The smallest absolute Gasteiger partial charge is 0.139 e. The van der Waals surface area contributed by atoms with E-state index in [4.69, 9.17) is 42.1 Å². The Bertz CT molecular complexity index is 1770. The average Bonchev–Trinajstić information content (AvgIpc) is 3.33. The zero-order chi connectivity index (χ0) is 34.5. The summed E-state index contributed by atoms with van der Waals surface area (Å²) < 4.78 is 12.1. The molecule has 0 aromatic heterocycles. The molecule has 0 bridgehead atoms. The maximum atomic E-state index is 8.93. The number of nitrogens with one attached hydrogen (secondary N) is 2. The Kier molecular flexibility index (Phi) is 12.3. The number of quaternary nitrogens is 2. The van der Waals surface area contributed by atoms with Crippen molar-refractivity contribution in [3.63, 3.8) is 0 Å². The SMILES string of the molecule is C#CC[NH+](C)CC1=Cc2ccccc2Oc2ccccc21.C#CC[NH+](C)CC1=Cc2ccccc2Oc2ccccc21.O=C([O-])C(=O)[O-]. The van der Waals surface area contributed by atoms with Crippen molar-refractivity contribution in [3.8, 4) is 47.7 Å². The predicted octanol–water partition coefficient (Wildman–Crippen LogP) is 1.45. The van der Waals surface area contributed by atoms with E-state index in [9.17, 15) is 0 Å². The standard InChI is InChI=1S/2C19H17NO.C2H2O4/c2*1-3-12-20(2)14-16-13-15-8-4-6-10-18(15)21-19-11-7-5-9-17(16)19;3-1(4)2(5)6/h2*1,4-11,13H,12,14H2,2H3;(H,3,4)(H,5,6). The molecular formula is C40H36N2O6. The fourth-order valence-electron chi connectivity index (χ4n) is 5.21. The lowest BCUT2D eigenvalue weighted by atomic mass is 10.0. The number of fused-ring (bicyclic) bond motifs is 4. The van der Waals surface area contributed by atoms with Crippen molar-refractivity contribution in [1.29, 1.82) is 0 Å². The van der Waals surface area contributed by atoms with Crippen molar-refractivity contribution in [2.75, 3.05) is 40.3 Å². The Morgan fingerprint density at radius 2 is 0.917 bits per heavy atom. The van der Waals surface area contributed by atoms with Crippen LogP contribution in [0.2, 0.25) is 0 Å². The van der Waals surface area contributed by atoms with Gasteiger partial charge in [-0.1, -0.05) is 72.8 Å². The highest BCUT2D eigenvalue weighted by molar-refractivity contribution is 6.25. The number of carboxylic acids is 2. The van der Waals surface area contributed by atoms with Gasteiger partial charge in [0.15, 0.2) is 0 Å². The summed E-state index contributed by atoms with van der Waals surface area (Å²) in [7, 11) is 4.22. The lowest BCUT2D eigenvalue weighted by molar-refractivity contribution is -0.863. The van der Waals surface area contributed by atoms with E-state index in [1.165, 1.54) is 20.9 Å². The molecule has 242 valence electrons. The normalized spacial score (nSPS) is 13.0. The van der Waals surface area contributed by atoms with E-state index in [0.717, 1.165) is 58.3 Å². The summed E-state index contributed by atoms with van der Waals surface area (Å²) >= 11 is 0. The number of carbonyl (C=O) groups excluding carboxylic acids is 2. The molecule has 2 N–H and O–H groups in total. The third kappa shape index (κ3) is 9.48. The number of carbonyl (C=O) groups is 2. The van der Waals surface area contributed by atoms with E-state index in [1.807, 2.05) is 72.8 Å². The van der Waals surface area contributed by atoms with Crippen molar-refractivity contribution in [2.45, 2.75) is 0 Å².